The Labute approximate surface area is 116 Å². The second-order valence-corrected chi connectivity index (χ2v) is 4.06. The van der Waals surface area contributed by atoms with Gasteiger partial charge in [0, 0.05) is 7.05 Å². The molecule has 7 nitrogen and oxygen atoms in total. The molecule has 0 fully saturated rings. The molecular weight excluding hydrogens is 264 g/mol. The lowest BCUT2D eigenvalue weighted by Gasteiger charge is -2.20. The lowest BCUT2D eigenvalue weighted by molar-refractivity contribution is -0.141. The van der Waals surface area contributed by atoms with Crippen molar-refractivity contribution in [3.05, 3.63) is 35.9 Å². The van der Waals surface area contributed by atoms with Crippen LogP contribution in [0.4, 0.5) is 4.79 Å². The number of benzene rings is 1. The van der Waals surface area contributed by atoms with E-state index < -0.39 is 24.0 Å². The molecule has 0 saturated carbocycles. The molecule has 0 bridgehead atoms. The molecule has 0 aliphatic carbocycles. The van der Waals surface area contributed by atoms with E-state index in [0.717, 1.165) is 4.90 Å². The van der Waals surface area contributed by atoms with Crippen molar-refractivity contribution in [1.82, 2.24) is 10.2 Å². The van der Waals surface area contributed by atoms with Gasteiger partial charge >= 0.3 is 18.0 Å². The molecule has 1 aromatic carbocycles. The Bertz CT molecular complexity index is 489. The first-order valence-corrected chi connectivity index (χ1v) is 5.82. The van der Waals surface area contributed by atoms with Crippen molar-refractivity contribution in [1.29, 1.82) is 0 Å². The minimum Gasteiger partial charge on any atom is -0.479 e. The lowest BCUT2D eigenvalue weighted by Crippen LogP contribution is -2.44. The van der Waals surface area contributed by atoms with E-state index in [1.807, 2.05) is 0 Å². The van der Waals surface area contributed by atoms with Crippen molar-refractivity contribution >= 4 is 18.0 Å². The molecule has 2 N–H and O–H groups in total. The van der Waals surface area contributed by atoms with Gasteiger partial charge in [0.2, 0.25) is 0 Å². The number of aliphatic carboxylic acids is 1. The molecule has 7 heteroatoms. The van der Waals surface area contributed by atoms with E-state index in [9.17, 15) is 14.4 Å². The topological polar surface area (TPSA) is 95.9 Å². The average molecular weight is 280 g/mol. The number of likely N-dealkylation sites (N-methyl/N-ethyl adjacent to an activating group) is 1. The molecule has 0 saturated heterocycles. The maximum absolute atomic E-state index is 11.8. The number of rotatable bonds is 5. The quantitative estimate of drug-likeness (QED) is 0.771. The summed E-state index contributed by atoms with van der Waals surface area (Å²) in [6, 6.07) is 6.44. The molecule has 2 amide bonds. The van der Waals surface area contributed by atoms with Crippen LogP contribution in [0.3, 0.4) is 0 Å². The van der Waals surface area contributed by atoms with Crippen LogP contribution in [0.25, 0.3) is 0 Å². The summed E-state index contributed by atoms with van der Waals surface area (Å²) < 4.78 is 4.43. The van der Waals surface area contributed by atoms with Gasteiger partial charge in [0.15, 0.2) is 6.04 Å². The van der Waals surface area contributed by atoms with Crippen LogP contribution in [0, 0.1) is 0 Å². The van der Waals surface area contributed by atoms with Crippen LogP contribution >= 0.6 is 0 Å². The number of ether oxygens (including phenoxy) is 1. The number of carbonyl (C=O) groups is 3. The Morgan fingerprint density at radius 1 is 1.30 bits per heavy atom. The fourth-order valence-electron chi connectivity index (χ4n) is 1.50. The van der Waals surface area contributed by atoms with Crippen LogP contribution in [-0.4, -0.2) is 48.7 Å². The predicted molar refractivity (Wildman–Crippen MR) is 70.0 cm³/mol. The van der Waals surface area contributed by atoms with Crippen LogP contribution in [0.5, 0.6) is 0 Å². The lowest BCUT2D eigenvalue weighted by atomic mass is 10.1. The van der Waals surface area contributed by atoms with Gasteiger partial charge in [0.05, 0.1) is 7.11 Å². The predicted octanol–water partition coefficient (Wildman–Crippen LogP) is 0.627. The molecule has 0 aliphatic rings. The standard InChI is InChI=1S/C13H16N2O5/c1-15(8-10(16)20-2)13(19)14-11(12(17)18)9-6-4-3-5-7-9/h3-7,11H,8H2,1-2H3,(H,14,19)(H,17,18)/t11-/m0/s1. The SMILES string of the molecule is COC(=O)CN(C)C(=O)N[C@H](C(=O)O)c1ccccc1. The maximum atomic E-state index is 11.8. The summed E-state index contributed by atoms with van der Waals surface area (Å²) in [5, 5.41) is 11.5. The van der Waals surface area contributed by atoms with E-state index >= 15 is 0 Å². The van der Waals surface area contributed by atoms with Gasteiger partial charge in [-0.3, -0.25) is 4.79 Å². The second-order valence-electron chi connectivity index (χ2n) is 4.06. The van der Waals surface area contributed by atoms with Crippen molar-refractivity contribution in [3.8, 4) is 0 Å². The molecule has 108 valence electrons. The Kier molecular flexibility index (Phi) is 5.52. The molecule has 1 atom stereocenters. The fourth-order valence-corrected chi connectivity index (χ4v) is 1.50. The number of methoxy groups -OCH3 is 1. The zero-order valence-corrected chi connectivity index (χ0v) is 11.2. The number of urea groups is 1. The summed E-state index contributed by atoms with van der Waals surface area (Å²) in [5.74, 6) is -1.77. The number of hydrogen-bond donors (Lipinski definition) is 2. The third kappa shape index (κ3) is 4.27. The molecule has 0 spiro atoms. The number of carboxylic acids is 1. The van der Waals surface area contributed by atoms with Gasteiger partial charge in [-0.25, -0.2) is 9.59 Å². The van der Waals surface area contributed by atoms with Crippen molar-refractivity contribution < 1.29 is 24.2 Å². The highest BCUT2D eigenvalue weighted by atomic mass is 16.5. The molecule has 1 rings (SSSR count). The number of nitrogens with one attached hydrogen (secondary N) is 1. The molecular formula is C13H16N2O5. The Morgan fingerprint density at radius 3 is 2.40 bits per heavy atom. The molecule has 0 unspecified atom stereocenters. The average Bonchev–Trinajstić information content (AvgIpc) is 2.44. The summed E-state index contributed by atoms with van der Waals surface area (Å²) in [5.41, 5.74) is 0.444. The van der Waals surface area contributed by atoms with Crippen LogP contribution in [0.2, 0.25) is 0 Å². The first kappa shape index (κ1) is 15.5. The monoisotopic (exact) mass is 280 g/mol. The van der Waals surface area contributed by atoms with Gasteiger partial charge in [0.1, 0.15) is 6.54 Å². The highest BCUT2D eigenvalue weighted by Crippen LogP contribution is 2.12. The largest absolute Gasteiger partial charge is 0.479 e. The van der Waals surface area contributed by atoms with Gasteiger partial charge in [-0.2, -0.15) is 0 Å². The number of carboxylic acid groups (broad SMARTS) is 1. The summed E-state index contributed by atoms with van der Waals surface area (Å²) in [6.07, 6.45) is 0. The maximum Gasteiger partial charge on any atom is 0.330 e. The third-order valence-corrected chi connectivity index (χ3v) is 2.59. The van der Waals surface area contributed by atoms with Crippen LogP contribution < -0.4 is 5.32 Å². The van der Waals surface area contributed by atoms with Crippen LogP contribution in [0.1, 0.15) is 11.6 Å². The van der Waals surface area contributed by atoms with E-state index in [2.05, 4.69) is 10.1 Å². The van der Waals surface area contributed by atoms with E-state index in [1.165, 1.54) is 14.2 Å². The van der Waals surface area contributed by atoms with E-state index in [0.29, 0.717) is 5.56 Å². The van der Waals surface area contributed by atoms with Crippen molar-refractivity contribution in [2.24, 2.45) is 0 Å². The summed E-state index contributed by atoms with van der Waals surface area (Å²) in [7, 11) is 2.58. The van der Waals surface area contributed by atoms with Gasteiger partial charge < -0.3 is 20.1 Å². The number of esters is 1. The molecule has 20 heavy (non-hydrogen) atoms. The summed E-state index contributed by atoms with van der Waals surface area (Å²) in [4.78, 5) is 35.1. The zero-order chi connectivity index (χ0) is 15.1. The Hall–Kier alpha value is -2.57. The molecule has 0 aliphatic heterocycles. The minimum atomic E-state index is -1.18. The number of nitrogens with zero attached hydrogens (tertiary/aromatic N) is 1. The van der Waals surface area contributed by atoms with Gasteiger partial charge in [0.25, 0.3) is 0 Å². The highest BCUT2D eigenvalue weighted by Gasteiger charge is 2.24. The zero-order valence-electron chi connectivity index (χ0n) is 11.2. The summed E-state index contributed by atoms with van der Waals surface area (Å²) in [6.45, 7) is -0.260. The number of amides is 2. The Balaban J connectivity index is 2.74. The number of hydrogen-bond acceptors (Lipinski definition) is 4. The van der Waals surface area contributed by atoms with Crippen molar-refractivity contribution in [2.75, 3.05) is 20.7 Å². The number of carbonyl (C=O) groups excluding carboxylic acids is 2. The molecule has 1 aromatic rings. The van der Waals surface area contributed by atoms with E-state index in [4.69, 9.17) is 5.11 Å². The minimum absolute atomic E-state index is 0.260. The highest BCUT2D eigenvalue weighted by molar-refractivity contribution is 5.85. The van der Waals surface area contributed by atoms with Crippen LogP contribution in [0.15, 0.2) is 30.3 Å². The fraction of sp³-hybridized carbons (Fsp3) is 0.308. The van der Waals surface area contributed by atoms with Crippen molar-refractivity contribution in [3.63, 3.8) is 0 Å². The van der Waals surface area contributed by atoms with Gasteiger partial charge in [-0.1, -0.05) is 30.3 Å². The Morgan fingerprint density at radius 2 is 1.90 bits per heavy atom. The normalized spacial score (nSPS) is 11.3. The van der Waals surface area contributed by atoms with E-state index in [-0.39, 0.29) is 6.54 Å². The second kappa shape index (κ2) is 7.13. The van der Waals surface area contributed by atoms with Gasteiger partial charge in [-0.15, -0.1) is 0 Å². The van der Waals surface area contributed by atoms with Crippen molar-refractivity contribution in [2.45, 2.75) is 6.04 Å². The van der Waals surface area contributed by atoms with E-state index in [1.54, 1.807) is 30.3 Å². The molecule has 0 radical (unpaired) electrons. The summed E-state index contributed by atoms with van der Waals surface area (Å²) >= 11 is 0. The van der Waals surface area contributed by atoms with Gasteiger partial charge in [-0.05, 0) is 5.56 Å². The molecule has 0 heterocycles. The molecule has 0 aromatic heterocycles. The van der Waals surface area contributed by atoms with Crippen LogP contribution in [-0.2, 0) is 14.3 Å². The smallest absolute Gasteiger partial charge is 0.330 e. The third-order valence-electron chi connectivity index (χ3n) is 2.59. The first-order chi connectivity index (χ1) is 9.45. The first-order valence-electron chi connectivity index (χ1n) is 5.82.